The molecule has 1 aromatic carbocycles. The molecule has 0 spiro atoms. The average Bonchev–Trinajstić information content (AvgIpc) is 2.37. The monoisotopic (exact) mass is 382 g/mol. The molecule has 0 aliphatic carbocycles. The summed E-state index contributed by atoms with van der Waals surface area (Å²) in [7, 11) is -4.05. The summed E-state index contributed by atoms with van der Waals surface area (Å²) in [6.07, 6.45) is 1.88. The topological polar surface area (TPSA) is 58.2 Å². The van der Waals surface area contributed by atoms with E-state index in [1.54, 1.807) is 6.92 Å². The van der Waals surface area contributed by atoms with Crippen LogP contribution in [0.15, 0.2) is 21.5 Å². The van der Waals surface area contributed by atoms with E-state index in [0.29, 0.717) is 6.07 Å². The lowest BCUT2D eigenvalue weighted by atomic mass is 9.94. The van der Waals surface area contributed by atoms with Crippen molar-refractivity contribution in [3.8, 4) is 0 Å². The zero-order chi connectivity index (χ0) is 15.6. The number of benzene rings is 1. The van der Waals surface area contributed by atoms with E-state index < -0.39 is 26.6 Å². The Morgan fingerprint density at radius 2 is 2.14 bits per heavy atom. The molecule has 1 aromatic rings. The highest BCUT2D eigenvalue weighted by Gasteiger charge is 2.29. The highest BCUT2D eigenvalue weighted by molar-refractivity contribution is 9.10. The molecule has 0 saturated carbocycles. The molecule has 1 fully saturated rings. The standard InChI is InChI=1S/C13H17BrF2N2O2S/c1-8(9-3-2-4-17-7-9)18-21(19,20)13-11(14)5-10(15)6-12(13)16/h5-6,8-9,17-18H,2-4,7H2,1H3. The Bertz CT molecular complexity index is 596. The Kier molecular flexibility index (Phi) is 5.34. The molecule has 2 atom stereocenters. The van der Waals surface area contributed by atoms with Crippen LogP contribution in [0.25, 0.3) is 0 Å². The van der Waals surface area contributed by atoms with E-state index in [0.717, 1.165) is 32.0 Å². The lowest BCUT2D eigenvalue weighted by molar-refractivity contribution is 0.320. The van der Waals surface area contributed by atoms with Crippen LogP contribution in [-0.4, -0.2) is 27.5 Å². The van der Waals surface area contributed by atoms with Crippen LogP contribution < -0.4 is 10.0 Å². The third-order valence-corrected chi connectivity index (χ3v) is 6.14. The van der Waals surface area contributed by atoms with E-state index in [-0.39, 0.29) is 16.4 Å². The molecule has 1 heterocycles. The molecule has 118 valence electrons. The first-order valence-corrected chi connectivity index (χ1v) is 8.96. The van der Waals surface area contributed by atoms with Gasteiger partial charge in [0.05, 0.1) is 0 Å². The van der Waals surface area contributed by atoms with Crippen molar-refractivity contribution in [2.45, 2.75) is 30.7 Å². The van der Waals surface area contributed by atoms with Gasteiger partial charge in [0.15, 0.2) is 0 Å². The first-order valence-electron chi connectivity index (χ1n) is 6.69. The number of hydrogen-bond acceptors (Lipinski definition) is 3. The van der Waals surface area contributed by atoms with Gasteiger partial charge in [-0.15, -0.1) is 0 Å². The molecule has 8 heteroatoms. The smallest absolute Gasteiger partial charge is 0.244 e. The number of piperidine rings is 1. The second-order valence-corrected chi connectivity index (χ2v) is 7.72. The third kappa shape index (κ3) is 4.00. The predicted molar refractivity (Wildman–Crippen MR) is 79.4 cm³/mol. The van der Waals surface area contributed by atoms with Crippen molar-refractivity contribution in [2.75, 3.05) is 13.1 Å². The summed E-state index contributed by atoms with van der Waals surface area (Å²) in [5, 5.41) is 3.20. The summed E-state index contributed by atoms with van der Waals surface area (Å²) in [6, 6.07) is 1.16. The fraction of sp³-hybridized carbons (Fsp3) is 0.538. The number of sulfonamides is 1. The SMILES string of the molecule is CC(NS(=O)(=O)c1c(F)cc(F)cc1Br)C1CCCNC1. The van der Waals surface area contributed by atoms with E-state index in [9.17, 15) is 17.2 Å². The van der Waals surface area contributed by atoms with Crippen LogP contribution in [-0.2, 0) is 10.0 Å². The Morgan fingerprint density at radius 1 is 1.43 bits per heavy atom. The van der Waals surface area contributed by atoms with Crippen LogP contribution in [0.3, 0.4) is 0 Å². The molecule has 2 rings (SSSR count). The first-order chi connectivity index (χ1) is 9.81. The zero-order valence-electron chi connectivity index (χ0n) is 11.5. The molecule has 4 nitrogen and oxygen atoms in total. The van der Waals surface area contributed by atoms with Gasteiger partial charge in [-0.3, -0.25) is 0 Å². The van der Waals surface area contributed by atoms with Crippen LogP contribution in [0, 0.1) is 17.6 Å². The van der Waals surface area contributed by atoms with Gasteiger partial charge in [-0.25, -0.2) is 21.9 Å². The molecule has 0 radical (unpaired) electrons. The fourth-order valence-electron chi connectivity index (χ4n) is 2.49. The van der Waals surface area contributed by atoms with Gasteiger partial charge >= 0.3 is 0 Å². The minimum atomic E-state index is -4.05. The van der Waals surface area contributed by atoms with Gasteiger partial charge in [0.25, 0.3) is 0 Å². The van der Waals surface area contributed by atoms with Crippen molar-refractivity contribution in [3.63, 3.8) is 0 Å². The fourth-order valence-corrected chi connectivity index (χ4v) is 4.97. The Morgan fingerprint density at radius 3 is 2.71 bits per heavy atom. The van der Waals surface area contributed by atoms with E-state index >= 15 is 0 Å². The molecule has 21 heavy (non-hydrogen) atoms. The van der Waals surface area contributed by atoms with Crippen LogP contribution in [0.1, 0.15) is 19.8 Å². The van der Waals surface area contributed by atoms with Crippen LogP contribution >= 0.6 is 15.9 Å². The number of rotatable bonds is 4. The number of halogens is 3. The maximum absolute atomic E-state index is 13.8. The quantitative estimate of drug-likeness (QED) is 0.840. The van der Waals surface area contributed by atoms with Gasteiger partial charge in [0, 0.05) is 16.6 Å². The average molecular weight is 383 g/mol. The van der Waals surface area contributed by atoms with Crippen molar-refractivity contribution in [3.05, 3.63) is 28.2 Å². The minimum absolute atomic E-state index is 0.124. The molecule has 0 amide bonds. The maximum atomic E-state index is 13.8. The molecule has 2 N–H and O–H groups in total. The normalized spacial score (nSPS) is 21.2. The summed E-state index contributed by atoms with van der Waals surface area (Å²) in [6.45, 7) is 3.40. The van der Waals surface area contributed by atoms with Crippen LogP contribution in [0.4, 0.5) is 8.78 Å². The van der Waals surface area contributed by atoms with Crippen molar-refractivity contribution in [1.29, 1.82) is 0 Å². The van der Waals surface area contributed by atoms with Crippen LogP contribution in [0.5, 0.6) is 0 Å². The first kappa shape index (κ1) is 16.8. The van der Waals surface area contributed by atoms with Crippen LogP contribution in [0.2, 0.25) is 0 Å². The van der Waals surface area contributed by atoms with Gasteiger partial charge in [0.2, 0.25) is 10.0 Å². The summed E-state index contributed by atoms with van der Waals surface area (Å²) in [4.78, 5) is -0.556. The molecular formula is C13H17BrF2N2O2S. The van der Waals surface area contributed by atoms with Gasteiger partial charge in [0.1, 0.15) is 16.5 Å². The molecule has 2 unspecified atom stereocenters. The molecule has 1 aliphatic heterocycles. The van der Waals surface area contributed by atoms with Gasteiger partial charge in [-0.05, 0) is 60.8 Å². The van der Waals surface area contributed by atoms with Crippen molar-refractivity contribution >= 4 is 26.0 Å². The Labute approximate surface area is 131 Å². The molecular weight excluding hydrogens is 366 g/mol. The third-order valence-electron chi connectivity index (χ3n) is 3.61. The lowest BCUT2D eigenvalue weighted by Gasteiger charge is -2.28. The minimum Gasteiger partial charge on any atom is -0.316 e. The maximum Gasteiger partial charge on any atom is 0.244 e. The second-order valence-electron chi connectivity index (χ2n) is 5.21. The van der Waals surface area contributed by atoms with Gasteiger partial charge < -0.3 is 5.32 Å². The Balaban J connectivity index is 2.22. The largest absolute Gasteiger partial charge is 0.316 e. The summed E-state index contributed by atoms with van der Waals surface area (Å²) >= 11 is 2.91. The van der Waals surface area contributed by atoms with E-state index in [2.05, 4.69) is 26.0 Å². The van der Waals surface area contributed by atoms with E-state index in [1.807, 2.05) is 0 Å². The van der Waals surface area contributed by atoms with E-state index in [4.69, 9.17) is 0 Å². The molecule has 1 saturated heterocycles. The number of hydrogen-bond donors (Lipinski definition) is 2. The predicted octanol–water partition coefficient (Wildman–Crippen LogP) is 2.39. The lowest BCUT2D eigenvalue weighted by Crippen LogP contribution is -2.44. The van der Waals surface area contributed by atoms with Gasteiger partial charge in [-0.2, -0.15) is 0 Å². The van der Waals surface area contributed by atoms with Gasteiger partial charge in [-0.1, -0.05) is 0 Å². The molecule has 1 aliphatic rings. The highest BCUT2D eigenvalue weighted by atomic mass is 79.9. The van der Waals surface area contributed by atoms with Crippen molar-refractivity contribution < 1.29 is 17.2 Å². The molecule has 0 bridgehead atoms. The van der Waals surface area contributed by atoms with Crippen molar-refractivity contribution in [1.82, 2.24) is 10.0 Å². The number of nitrogens with one attached hydrogen (secondary N) is 2. The zero-order valence-corrected chi connectivity index (χ0v) is 13.9. The molecule has 0 aromatic heterocycles. The summed E-state index contributed by atoms with van der Waals surface area (Å²) in [5.74, 6) is -1.79. The second kappa shape index (κ2) is 6.68. The highest BCUT2D eigenvalue weighted by Crippen LogP contribution is 2.27. The Hall–Kier alpha value is -0.570. The summed E-state index contributed by atoms with van der Waals surface area (Å²) < 4.78 is 53.8. The summed E-state index contributed by atoms with van der Waals surface area (Å²) in [5.41, 5.74) is 0. The van der Waals surface area contributed by atoms with Crippen molar-refractivity contribution in [2.24, 2.45) is 5.92 Å². The van der Waals surface area contributed by atoms with E-state index in [1.165, 1.54) is 0 Å².